The Labute approximate surface area is 121 Å². The predicted octanol–water partition coefficient (Wildman–Crippen LogP) is 4.31. The number of rotatable bonds is 3. The molecule has 4 nitrogen and oxygen atoms in total. The quantitative estimate of drug-likeness (QED) is 0.529. The lowest BCUT2D eigenvalue weighted by molar-refractivity contribution is -0.385. The summed E-state index contributed by atoms with van der Waals surface area (Å²) in [6.45, 7) is 0. The number of nitrogens with zero attached hydrogens (tertiary/aromatic N) is 2. The van der Waals surface area contributed by atoms with Gasteiger partial charge < -0.3 is 0 Å². The minimum atomic E-state index is -0.379. The van der Waals surface area contributed by atoms with Gasteiger partial charge in [-0.3, -0.25) is 15.1 Å². The predicted molar refractivity (Wildman–Crippen MR) is 83.8 cm³/mol. The first-order chi connectivity index (χ1) is 10.3. The van der Waals surface area contributed by atoms with Crippen LogP contribution in [0.3, 0.4) is 0 Å². The zero-order chi connectivity index (χ0) is 14.7. The van der Waals surface area contributed by atoms with Gasteiger partial charge in [-0.2, -0.15) is 0 Å². The Hall–Kier alpha value is -3.01. The second kappa shape index (κ2) is 5.54. The number of aromatic nitrogens is 1. The Morgan fingerprint density at radius 1 is 0.952 bits per heavy atom. The molecule has 102 valence electrons. The van der Waals surface area contributed by atoms with Crippen LogP contribution < -0.4 is 0 Å². The Kier molecular flexibility index (Phi) is 3.43. The van der Waals surface area contributed by atoms with E-state index in [1.54, 1.807) is 30.5 Å². The molecule has 0 fully saturated rings. The first kappa shape index (κ1) is 13.0. The second-order valence-electron chi connectivity index (χ2n) is 4.57. The molecule has 1 heterocycles. The third-order valence-electron chi connectivity index (χ3n) is 3.26. The van der Waals surface area contributed by atoms with Crippen molar-refractivity contribution in [2.45, 2.75) is 0 Å². The average molecular weight is 276 g/mol. The standard InChI is InChI=1S/C17H12N2O2/c20-19(21)17-8-4-2-6-14(17)9-10-16-15-7-3-1-5-13(15)11-12-18-16/h1-12H. The van der Waals surface area contributed by atoms with E-state index in [0.717, 1.165) is 16.5 Å². The molecule has 0 saturated carbocycles. The van der Waals surface area contributed by atoms with Crippen molar-refractivity contribution in [2.75, 3.05) is 0 Å². The number of benzene rings is 2. The van der Waals surface area contributed by atoms with Crippen LogP contribution in [-0.2, 0) is 0 Å². The van der Waals surface area contributed by atoms with E-state index in [1.807, 2.05) is 36.4 Å². The molecule has 0 bridgehead atoms. The lowest BCUT2D eigenvalue weighted by Gasteiger charge is -2.01. The third kappa shape index (κ3) is 2.65. The molecule has 21 heavy (non-hydrogen) atoms. The maximum atomic E-state index is 11.0. The molecule has 1 aromatic heterocycles. The molecular formula is C17H12N2O2. The highest BCUT2D eigenvalue weighted by atomic mass is 16.6. The summed E-state index contributed by atoms with van der Waals surface area (Å²) in [7, 11) is 0. The fraction of sp³-hybridized carbons (Fsp3) is 0. The number of pyridine rings is 1. The van der Waals surface area contributed by atoms with Gasteiger partial charge in [0.1, 0.15) is 0 Å². The second-order valence-corrected chi connectivity index (χ2v) is 4.57. The van der Waals surface area contributed by atoms with Crippen molar-refractivity contribution in [1.29, 1.82) is 0 Å². The van der Waals surface area contributed by atoms with E-state index >= 15 is 0 Å². The van der Waals surface area contributed by atoms with E-state index in [-0.39, 0.29) is 10.6 Å². The maximum Gasteiger partial charge on any atom is 0.276 e. The van der Waals surface area contributed by atoms with Gasteiger partial charge in [-0.25, -0.2) is 0 Å². The summed E-state index contributed by atoms with van der Waals surface area (Å²) in [5.41, 5.74) is 1.46. The van der Waals surface area contributed by atoms with E-state index in [2.05, 4.69) is 4.98 Å². The van der Waals surface area contributed by atoms with Gasteiger partial charge in [0.25, 0.3) is 5.69 Å². The van der Waals surface area contributed by atoms with Gasteiger partial charge in [-0.1, -0.05) is 36.4 Å². The van der Waals surface area contributed by atoms with Gasteiger partial charge in [0, 0.05) is 17.6 Å². The number of hydrogen-bond donors (Lipinski definition) is 0. The Balaban J connectivity index is 2.05. The molecule has 4 heteroatoms. The molecule has 0 unspecified atom stereocenters. The summed E-state index contributed by atoms with van der Waals surface area (Å²) in [6.07, 6.45) is 5.28. The van der Waals surface area contributed by atoms with Crippen LogP contribution in [0.5, 0.6) is 0 Å². The van der Waals surface area contributed by atoms with Gasteiger partial charge >= 0.3 is 0 Å². The van der Waals surface area contributed by atoms with Gasteiger partial charge in [-0.05, 0) is 29.7 Å². The minimum Gasteiger partial charge on any atom is -0.258 e. The van der Waals surface area contributed by atoms with Gasteiger partial charge in [0.2, 0.25) is 0 Å². The van der Waals surface area contributed by atoms with Crippen LogP contribution in [0, 0.1) is 10.1 Å². The Morgan fingerprint density at radius 3 is 2.57 bits per heavy atom. The average Bonchev–Trinajstić information content (AvgIpc) is 2.53. The minimum absolute atomic E-state index is 0.0917. The highest BCUT2D eigenvalue weighted by Crippen LogP contribution is 2.22. The fourth-order valence-electron chi connectivity index (χ4n) is 2.24. The molecule has 0 saturated heterocycles. The Morgan fingerprint density at radius 2 is 1.71 bits per heavy atom. The zero-order valence-corrected chi connectivity index (χ0v) is 11.1. The largest absolute Gasteiger partial charge is 0.276 e. The molecule has 3 aromatic rings. The molecule has 0 N–H and O–H groups in total. The molecule has 0 spiro atoms. The van der Waals surface area contributed by atoms with Gasteiger partial charge in [0.05, 0.1) is 16.2 Å². The molecule has 0 atom stereocenters. The SMILES string of the molecule is O=[N+]([O-])c1ccccc1C=Cc1nccc2ccccc12. The first-order valence-corrected chi connectivity index (χ1v) is 6.51. The van der Waals surface area contributed by atoms with E-state index in [4.69, 9.17) is 0 Å². The zero-order valence-electron chi connectivity index (χ0n) is 11.1. The lowest BCUT2D eigenvalue weighted by atomic mass is 10.1. The summed E-state index contributed by atoms with van der Waals surface area (Å²) in [4.78, 5) is 15.0. The van der Waals surface area contributed by atoms with Crippen molar-refractivity contribution in [1.82, 2.24) is 4.98 Å². The molecule has 0 amide bonds. The van der Waals surface area contributed by atoms with Crippen LogP contribution in [0.1, 0.15) is 11.3 Å². The monoisotopic (exact) mass is 276 g/mol. The normalized spacial score (nSPS) is 11.0. The van der Waals surface area contributed by atoms with Crippen molar-refractivity contribution in [2.24, 2.45) is 0 Å². The number of para-hydroxylation sites is 1. The van der Waals surface area contributed by atoms with Crippen molar-refractivity contribution >= 4 is 28.6 Å². The van der Waals surface area contributed by atoms with Crippen molar-refractivity contribution < 1.29 is 4.92 Å². The number of fused-ring (bicyclic) bond motifs is 1. The number of nitro benzene ring substituents is 1. The highest BCUT2D eigenvalue weighted by Gasteiger charge is 2.09. The molecular weight excluding hydrogens is 264 g/mol. The maximum absolute atomic E-state index is 11.0. The summed E-state index contributed by atoms with van der Waals surface area (Å²) in [5.74, 6) is 0. The van der Waals surface area contributed by atoms with Crippen LogP contribution >= 0.6 is 0 Å². The summed E-state index contributed by atoms with van der Waals surface area (Å²) >= 11 is 0. The van der Waals surface area contributed by atoms with E-state index in [1.165, 1.54) is 6.07 Å². The molecule has 0 aliphatic carbocycles. The van der Waals surface area contributed by atoms with Crippen LogP contribution in [0.25, 0.3) is 22.9 Å². The van der Waals surface area contributed by atoms with Crippen molar-refractivity contribution in [3.8, 4) is 0 Å². The fourth-order valence-corrected chi connectivity index (χ4v) is 2.24. The van der Waals surface area contributed by atoms with Gasteiger partial charge in [-0.15, -0.1) is 0 Å². The molecule has 2 aromatic carbocycles. The third-order valence-corrected chi connectivity index (χ3v) is 3.26. The lowest BCUT2D eigenvalue weighted by Crippen LogP contribution is -1.90. The Bertz CT molecular complexity index is 836. The van der Waals surface area contributed by atoms with Crippen LogP contribution in [-0.4, -0.2) is 9.91 Å². The van der Waals surface area contributed by atoms with Crippen LogP contribution in [0.4, 0.5) is 5.69 Å². The number of nitro groups is 1. The van der Waals surface area contributed by atoms with Gasteiger partial charge in [0.15, 0.2) is 0 Å². The van der Waals surface area contributed by atoms with Crippen molar-refractivity contribution in [3.05, 3.63) is 82.2 Å². The smallest absolute Gasteiger partial charge is 0.258 e. The topological polar surface area (TPSA) is 56.0 Å². The highest BCUT2D eigenvalue weighted by molar-refractivity contribution is 5.91. The summed E-state index contributed by atoms with van der Waals surface area (Å²) < 4.78 is 0. The molecule has 3 rings (SSSR count). The summed E-state index contributed by atoms with van der Waals surface area (Å²) in [5, 5.41) is 13.1. The van der Waals surface area contributed by atoms with E-state index in [0.29, 0.717) is 5.56 Å². The van der Waals surface area contributed by atoms with Crippen LogP contribution in [0.2, 0.25) is 0 Å². The van der Waals surface area contributed by atoms with Crippen LogP contribution in [0.15, 0.2) is 60.8 Å². The molecule has 0 aliphatic rings. The van der Waals surface area contributed by atoms with E-state index in [9.17, 15) is 10.1 Å². The molecule has 0 radical (unpaired) electrons. The molecule has 0 aliphatic heterocycles. The van der Waals surface area contributed by atoms with Crippen molar-refractivity contribution in [3.63, 3.8) is 0 Å². The van der Waals surface area contributed by atoms with E-state index < -0.39 is 0 Å². The first-order valence-electron chi connectivity index (χ1n) is 6.51. The summed E-state index contributed by atoms with van der Waals surface area (Å²) in [6, 6.07) is 16.5. The number of hydrogen-bond acceptors (Lipinski definition) is 3.